The van der Waals surface area contributed by atoms with E-state index in [4.69, 9.17) is 0 Å². The minimum Gasteiger partial charge on any atom is -0.308 e. The monoisotopic (exact) mass is 486 g/mol. The van der Waals surface area contributed by atoms with E-state index in [0.717, 1.165) is 0 Å². The Morgan fingerprint density at radius 2 is 1.42 bits per heavy atom. The van der Waals surface area contributed by atoms with E-state index < -0.39 is 34.4 Å². The van der Waals surface area contributed by atoms with Crippen LogP contribution in [0, 0.1) is 0 Å². The number of aromatic nitrogens is 1. The number of carbonyl (C=O) groups excluding carboxylic acids is 1. The lowest BCUT2D eigenvalue weighted by molar-refractivity contribution is -0.143. The molecule has 174 valence electrons. The smallest absolute Gasteiger partial charge is 0.308 e. The van der Waals surface area contributed by atoms with Crippen LogP contribution in [-0.4, -0.2) is 11.0 Å². The molecule has 0 saturated carbocycles. The molecule has 1 heterocycles. The molecular formula is C21H16F6N4OS. The number of pyridine rings is 1. The van der Waals surface area contributed by atoms with Crippen molar-refractivity contribution in [3.8, 4) is 0 Å². The standard InChI is InChI=1S/C21H16F6N4OS/c22-20(23,24)14-3-6-17(21(25,26)27)18(11-14)33-29-12-13-1-4-15(5-2-13)30-19(32)31-16-7-9-28-10-8-16/h1-11,29H,12H2,(H2,28,30,31,32). The summed E-state index contributed by atoms with van der Waals surface area (Å²) in [7, 11) is 0. The molecule has 0 aliphatic rings. The Morgan fingerprint density at radius 3 is 2.00 bits per heavy atom. The van der Waals surface area contributed by atoms with Gasteiger partial charge in [0, 0.05) is 35.2 Å². The number of nitrogens with one attached hydrogen (secondary N) is 3. The van der Waals surface area contributed by atoms with Crippen LogP contribution >= 0.6 is 11.9 Å². The van der Waals surface area contributed by atoms with Gasteiger partial charge >= 0.3 is 18.4 Å². The molecule has 0 fully saturated rings. The summed E-state index contributed by atoms with van der Waals surface area (Å²) in [5.41, 5.74) is -0.667. The first-order valence-electron chi connectivity index (χ1n) is 9.27. The minimum absolute atomic E-state index is 0.0711. The maximum absolute atomic E-state index is 13.1. The maximum atomic E-state index is 13.1. The third-order valence-electron chi connectivity index (χ3n) is 4.22. The first-order valence-corrected chi connectivity index (χ1v) is 10.1. The summed E-state index contributed by atoms with van der Waals surface area (Å²) in [5, 5.41) is 5.23. The molecule has 0 spiro atoms. The summed E-state index contributed by atoms with van der Waals surface area (Å²) >= 11 is 0.460. The van der Waals surface area contributed by atoms with E-state index in [1.54, 1.807) is 36.4 Å². The van der Waals surface area contributed by atoms with Gasteiger partial charge in [-0.25, -0.2) is 4.79 Å². The highest BCUT2D eigenvalue weighted by Crippen LogP contribution is 2.39. The van der Waals surface area contributed by atoms with Gasteiger partial charge in [-0.3, -0.25) is 9.71 Å². The van der Waals surface area contributed by atoms with E-state index in [-0.39, 0.29) is 6.54 Å². The average molecular weight is 486 g/mol. The van der Waals surface area contributed by atoms with Crippen molar-refractivity contribution in [1.82, 2.24) is 9.71 Å². The van der Waals surface area contributed by atoms with Crippen molar-refractivity contribution < 1.29 is 31.1 Å². The molecule has 3 aromatic rings. The zero-order valence-electron chi connectivity index (χ0n) is 16.6. The van der Waals surface area contributed by atoms with E-state index in [1.807, 2.05) is 0 Å². The summed E-state index contributed by atoms with van der Waals surface area (Å²) in [6.07, 6.45) is -6.51. The maximum Gasteiger partial charge on any atom is 0.417 e. The third-order valence-corrected chi connectivity index (χ3v) is 5.07. The zero-order valence-corrected chi connectivity index (χ0v) is 17.4. The number of nitrogens with zero attached hydrogens (tertiary/aromatic N) is 1. The molecule has 33 heavy (non-hydrogen) atoms. The highest BCUT2D eigenvalue weighted by molar-refractivity contribution is 7.97. The number of carbonyl (C=O) groups is 1. The Balaban J connectivity index is 1.59. The molecule has 12 heteroatoms. The second-order valence-electron chi connectivity index (χ2n) is 6.64. The zero-order chi connectivity index (χ0) is 24.1. The Bertz CT molecular complexity index is 1090. The van der Waals surface area contributed by atoms with Crippen LogP contribution in [0.3, 0.4) is 0 Å². The highest BCUT2D eigenvalue weighted by Gasteiger charge is 2.37. The van der Waals surface area contributed by atoms with Gasteiger partial charge in [0.2, 0.25) is 0 Å². The first-order chi connectivity index (χ1) is 15.5. The van der Waals surface area contributed by atoms with Gasteiger partial charge in [-0.05, 0) is 60.0 Å². The second kappa shape index (κ2) is 10.1. The minimum atomic E-state index is -4.79. The number of alkyl halides is 6. The summed E-state index contributed by atoms with van der Waals surface area (Å²) < 4.78 is 80.7. The van der Waals surface area contributed by atoms with Crippen LogP contribution in [0.25, 0.3) is 0 Å². The van der Waals surface area contributed by atoms with Crippen LogP contribution in [0.4, 0.5) is 42.5 Å². The van der Waals surface area contributed by atoms with Crippen molar-refractivity contribution in [2.75, 3.05) is 10.6 Å². The number of halogens is 6. The van der Waals surface area contributed by atoms with Gasteiger partial charge in [-0.1, -0.05) is 12.1 Å². The quantitative estimate of drug-likeness (QED) is 0.273. The van der Waals surface area contributed by atoms with Crippen molar-refractivity contribution in [2.45, 2.75) is 23.8 Å². The molecule has 5 nitrogen and oxygen atoms in total. The van der Waals surface area contributed by atoms with Crippen LogP contribution in [0.15, 0.2) is 71.9 Å². The fourth-order valence-corrected chi connectivity index (χ4v) is 3.52. The number of rotatable bonds is 6. The van der Waals surface area contributed by atoms with Crippen LogP contribution < -0.4 is 15.4 Å². The van der Waals surface area contributed by atoms with Gasteiger partial charge in [-0.2, -0.15) is 26.3 Å². The Labute approximate surface area is 188 Å². The number of hydrogen-bond acceptors (Lipinski definition) is 4. The van der Waals surface area contributed by atoms with Crippen LogP contribution in [0.2, 0.25) is 0 Å². The number of benzene rings is 2. The number of urea groups is 1. The van der Waals surface area contributed by atoms with Crippen molar-refractivity contribution in [1.29, 1.82) is 0 Å². The molecule has 0 radical (unpaired) electrons. The van der Waals surface area contributed by atoms with E-state index in [1.165, 1.54) is 12.4 Å². The molecule has 3 N–H and O–H groups in total. The van der Waals surface area contributed by atoms with Gasteiger partial charge in [-0.15, -0.1) is 0 Å². The fourth-order valence-electron chi connectivity index (χ4n) is 2.65. The fraction of sp³-hybridized carbons (Fsp3) is 0.143. The molecule has 0 aliphatic carbocycles. The first kappa shape index (κ1) is 24.4. The SMILES string of the molecule is O=C(Nc1ccncc1)Nc1ccc(CNSc2cc(C(F)(F)F)ccc2C(F)(F)F)cc1. The molecule has 0 bridgehead atoms. The lowest BCUT2D eigenvalue weighted by atomic mass is 10.1. The lowest BCUT2D eigenvalue weighted by Crippen LogP contribution is -2.19. The van der Waals surface area contributed by atoms with Gasteiger partial charge in [0.25, 0.3) is 0 Å². The highest BCUT2D eigenvalue weighted by atomic mass is 32.2. The second-order valence-corrected chi connectivity index (χ2v) is 7.57. The van der Waals surface area contributed by atoms with Crippen molar-refractivity contribution in [3.63, 3.8) is 0 Å². The summed E-state index contributed by atoms with van der Waals surface area (Å²) in [6, 6.07) is 10.4. The Morgan fingerprint density at radius 1 is 0.818 bits per heavy atom. The van der Waals surface area contributed by atoms with Gasteiger partial charge in [0.05, 0.1) is 11.1 Å². The lowest BCUT2D eigenvalue weighted by Gasteiger charge is -2.15. The summed E-state index contributed by atoms with van der Waals surface area (Å²) in [5.74, 6) is 0. The summed E-state index contributed by atoms with van der Waals surface area (Å²) in [6.45, 7) is 0.0711. The molecule has 2 amide bonds. The van der Waals surface area contributed by atoms with Crippen molar-refractivity contribution in [3.05, 3.63) is 83.7 Å². The predicted molar refractivity (Wildman–Crippen MR) is 112 cm³/mol. The molecule has 0 aliphatic heterocycles. The van der Waals surface area contributed by atoms with E-state index in [0.29, 0.717) is 47.1 Å². The molecular weight excluding hydrogens is 470 g/mol. The number of hydrogen-bond donors (Lipinski definition) is 3. The Hall–Kier alpha value is -3.25. The Kier molecular flexibility index (Phi) is 7.49. The van der Waals surface area contributed by atoms with Crippen molar-refractivity contribution in [2.24, 2.45) is 0 Å². The van der Waals surface area contributed by atoms with Crippen LogP contribution in [0.1, 0.15) is 16.7 Å². The molecule has 0 atom stereocenters. The molecule has 3 rings (SSSR count). The van der Waals surface area contributed by atoms with Crippen LogP contribution in [0.5, 0.6) is 0 Å². The van der Waals surface area contributed by atoms with Gasteiger partial charge < -0.3 is 10.6 Å². The topological polar surface area (TPSA) is 66.0 Å². The molecule has 0 unspecified atom stereocenters. The predicted octanol–water partition coefficient (Wildman–Crippen LogP) is 6.56. The summed E-state index contributed by atoms with van der Waals surface area (Å²) in [4.78, 5) is 15.2. The van der Waals surface area contributed by atoms with E-state index >= 15 is 0 Å². The van der Waals surface area contributed by atoms with Gasteiger partial charge in [0.1, 0.15) is 0 Å². The molecule has 2 aromatic carbocycles. The van der Waals surface area contributed by atoms with E-state index in [2.05, 4.69) is 20.3 Å². The normalized spacial score (nSPS) is 11.8. The van der Waals surface area contributed by atoms with Crippen molar-refractivity contribution >= 4 is 29.4 Å². The number of anilines is 2. The average Bonchev–Trinajstić information content (AvgIpc) is 2.74. The van der Waals surface area contributed by atoms with E-state index in [9.17, 15) is 31.1 Å². The largest absolute Gasteiger partial charge is 0.417 e. The molecule has 1 aromatic heterocycles. The third kappa shape index (κ3) is 7.12. The molecule has 0 saturated heterocycles. The van der Waals surface area contributed by atoms with Crippen LogP contribution in [-0.2, 0) is 18.9 Å². The number of amides is 2. The van der Waals surface area contributed by atoms with Gasteiger partial charge in [0.15, 0.2) is 0 Å².